The molecule has 2 N–H and O–H groups in total. The molecule has 0 aromatic carbocycles. The van der Waals surface area contributed by atoms with Crippen molar-refractivity contribution in [1.29, 1.82) is 0 Å². The average molecular weight is 331 g/mol. The molecule has 0 aliphatic heterocycles. The van der Waals surface area contributed by atoms with Gasteiger partial charge in [0, 0.05) is 11.1 Å². The van der Waals surface area contributed by atoms with Crippen LogP contribution in [0.3, 0.4) is 0 Å². The van der Waals surface area contributed by atoms with Crippen LogP contribution in [0.15, 0.2) is 18.2 Å². The van der Waals surface area contributed by atoms with Crippen molar-refractivity contribution in [3.8, 4) is 0 Å². The van der Waals surface area contributed by atoms with E-state index in [4.69, 9.17) is 25.4 Å². The summed E-state index contributed by atoms with van der Waals surface area (Å²) in [4.78, 5) is 8.47. The Labute approximate surface area is 122 Å². The topological polar surface area (TPSA) is 51.8 Å². The fourth-order valence-corrected chi connectivity index (χ4v) is 1.45. The maximum absolute atomic E-state index is 5.57. The summed E-state index contributed by atoms with van der Waals surface area (Å²) in [7, 11) is 9.72. The van der Waals surface area contributed by atoms with E-state index in [0.29, 0.717) is 5.82 Å². The quantitative estimate of drug-likeness (QED) is 0.751. The zero-order valence-corrected chi connectivity index (χ0v) is 12.9. The van der Waals surface area contributed by atoms with Crippen LogP contribution in [-0.4, -0.2) is 9.97 Å². The molecule has 17 heavy (non-hydrogen) atoms. The van der Waals surface area contributed by atoms with Gasteiger partial charge in [0.15, 0.2) is 5.65 Å². The number of hydrogen-bond donors (Lipinski definition) is 1. The summed E-state index contributed by atoms with van der Waals surface area (Å²) in [5, 5.41) is 1.07. The van der Waals surface area contributed by atoms with E-state index in [0.717, 1.165) is 16.7 Å². The number of anilines is 1. The molecule has 0 radical (unpaired) electrons. The second-order valence-corrected chi connectivity index (χ2v) is 5.56. The van der Waals surface area contributed by atoms with Gasteiger partial charge in [-0.1, -0.05) is 0 Å². The first-order valence-electron chi connectivity index (χ1n) is 4.51. The third-order valence-corrected chi connectivity index (χ3v) is 2.03. The normalized spacial score (nSPS) is 8.94. The van der Waals surface area contributed by atoms with Crippen molar-refractivity contribution in [1.82, 2.24) is 9.97 Å². The fraction of sp³-hybridized carbons (Fsp3) is 0.200. The second kappa shape index (κ2) is 8.01. The first-order valence-corrected chi connectivity index (χ1v) is 8.35. The van der Waals surface area contributed by atoms with Gasteiger partial charge in [0.25, 0.3) is 0 Å². The van der Waals surface area contributed by atoms with E-state index in [1.165, 1.54) is 5.56 Å². The van der Waals surface area contributed by atoms with Crippen LogP contribution >= 0.6 is 19.7 Å². The molecular weight excluding hydrogens is 319 g/mol. The molecule has 7 heteroatoms. The van der Waals surface area contributed by atoms with Gasteiger partial charge in [-0.2, -0.15) is 0 Å². The predicted molar refractivity (Wildman–Crippen MR) is 65.1 cm³/mol. The Morgan fingerprint density at radius 3 is 2.35 bits per heavy atom. The maximum atomic E-state index is 5.57. The zero-order valence-electron chi connectivity index (χ0n) is 9.28. The summed E-state index contributed by atoms with van der Waals surface area (Å²) >= 11 is -0.368. The van der Waals surface area contributed by atoms with Crippen LogP contribution < -0.4 is 18.1 Å². The van der Waals surface area contributed by atoms with E-state index < -0.39 is 0 Å². The number of hydrogen-bond acceptors (Lipinski definition) is 3. The summed E-state index contributed by atoms with van der Waals surface area (Å²) in [6.45, 7) is 4.01. The standard InChI is InChI=1S/C10H11N3.3ClH.V/c1-6-5-7(2)12-10-8(6)3-4-9(11)13-10;;;;/h3-5H,1-2H3,(H2,11,12,13);3*1H;/q;;;;+3/p-3. The van der Waals surface area contributed by atoms with Crippen LogP contribution in [0.4, 0.5) is 5.82 Å². The monoisotopic (exact) mass is 329 g/mol. The summed E-state index contributed by atoms with van der Waals surface area (Å²) in [6.07, 6.45) is 0. The molecule has 0 saturated carbocycles. The molecule has 2 rings (SSSR count). The minimum atomic E-state index is -0.368. The Morgan fingerprint density at radius 1 is 1.18 bits per heavy atom. The van der Waals surface area contributed by atoms with Crippen molar-refractivity contribution in [2.24, 2.45) is 0 Å². The number of aryl methyl sites for hydroxylation is 2. The third kappa shape index (κ3) is 4.90. The summed E-state index contributed by atoms with van der Waals surface area (Å²) in [5.74, 6) is 0.519. The van der Waals surface area contributed by atoms with Gasteiger partial charge in [-0.15, -0.1) is 0 Å². The van der Waals surface area contributed by atoms with Crippen molar-refractivity contribution < 1.29 is 26.8 Å². The van der Waals surface area contributed by atoms with E-state index >= 15 is 0 Å². The molecule has 0 fully saturated rings. The first-order chi connectivity index (χ1) is 7.58. The molecule has 0 unspecified atom stereocenters. The Kier molecular flexibility index (Phi) is 7.92. The summed E-state index contributed by atoms with van der Waals surface area (Å²) in [6, 6.07) is 5.80. The molecule has 0 aliphatic rings. The number of fused-ring (bicyclic) bond motifs is 1. The van der Waals surface area contributed by atoms with E-state index in [1.54, 1.807) is 6.07 Å². The van der Waals surface area contributed by atoms with Crippen LogP contribution in [0.1, 0.15) is 11.3 Å². The first kappa shape index (κ1) is 16.8. The third-order valence-electron chi connectivity index (χ3n) is 2.03. The molecule has 2 aromatic heterocycles. The summed E-state index contributed by atoms with van der Waals surface area (Å²) < 4.78 is 0. The molecule has 0 spiro atoms. The Hall–Kier alpha value is -0.186. The molecular formula is C10H11Cl3N3V. The van der Waals surface area contributed by atoms with Crippen molar-refractivity contribution in [3.05, 3.63) is 29.5 Å². The van der Waals surface area contributed by atoms with E-state index in [2.05, 4.69) is 16.9 Å². The number of nitrogen functional groups attached to an aromatic ring is 1. The van der Waals surface area contributed by atoms with E-state index in [1.807, 2.05) is 19.1 Å². The van der Waals surface area contributed by atoms with Crippen LogP contribution in [-0.2, 0) is 14.4 Å². The van der Waals surface area contributed by atoms with Crippen LogP contribution in [0.5, 0.6) is 0 Å². The van der Waals surface area contributed by atoms with Gasteiger partial charge in [0.05, 0.1) is 0 Å². The SMILES string of the molecule is Cc1cc(C)c2ccc(N)nc2n1.[Cl-].[Cl][V+][Cl]. The van der Waals surface area contributed by atoms with Crippen LogP contribution in [0, 0.1) is 13.8 Å². The molecule has 0 bridgehead atoms. The number of nitrogens with zero attached hydrogens (tertiary/aromatic N) is 2. The van der Waals surface area contributed by atoms with Gasteiger partial charge in [-0.3, -0.25) is 0 Å². The molecule has 0 atom stereocenters. The molecule has 0 saturated heterocycles. The fourth-order valence-electron chi connectivity index (χ4n) is 1.45. The Morgan fingerprint density at radius 2 is 1.76 bits per heavy atom. The van der Waals surface area contributed by atoms with Crippen molar-refractivity contribution in [2.45, 2.75) is 13.8 Å². The molecule has 0 aliphatic carbocycles. The molecule has 2 heterocycles. The van der Waals surface area contributed by atoms with Gasteiger partial charge in [-0.25, -0.2) is 9.97 Å². The number of halogens is 3. The number of nitrogens with two attached hydrogens (primary N) is 1. The van der Waals surface area contributed by atoms with Gasteiger partial charge in [-0.05, 0) is 37.6 Å². The molecule has 92 valence electrons. The predicted octanol–water partition coefficient (Wildman–Crippen LogP) is 0.209. The minimum absolute atomic E-state index is 0. The van der Waals surface area contributed by atoms with Crippen LogP contribution in [0.25, 0.3) is 11.0 Å². The van der Waals surface area contributed by atoms with Crippen molar-refractivity contribution in [3.63, 3.8) is 0 Å². The van der Waals surface area contributed by atoms with Gasteiger partial charge < -0.3 is 18.1 Å². The zero-order chi connectivity index (χ0) is 12.1. The van der Waals surface area contributed by atoms with Crippen molar-refractivity contribution in [2.75, 3.05) is 5.73 Å². The van der Waals surface area contributed by atoms with Gasteiger partial charge >= 0.3 is 34.1 Å². The van der Waals surface area contributed by atoms with E-state index in [-0.39, 0.29) is 26.8 Å². The molecule has 2 aromatic rings. The van der Waals surface area contributed by atoms with Crippen LogP contribution in [0.2, 0.25) is 0 Å². The second-order valence-electron chi connectivity index (χ2n) is 3.25. The molecule has 3 nitrogen and oxygen atoms in total. The Bertz CT molecular complexity index is 488. The van der Waals surface area contributed by atoms with Gasteiger partial charge in [0.1, 0.15) is 5.82 Å². The van der Waals surface area contributed by atoms with Gasteiger partial charge in [0.2, 0.25) is 0 Å². The number of pyridine rings is 2. The number of aromatic nitrogens is 2. The average Bonchev–Trinajstić information content (AvgIpc) is 2.17. The Balaban J connectivity index is 0.000000583. The van der Waals surface area contributed by atoms with Crippen molar-refractivity contribution >= 4 is 36.5 Å². The number of rotatable bonds is 0. The molecule has 0 amide bonds. The summed E-state index contributed by atoms with van der Waals surface area (Å²) in [5.41, 5.74) is 8.47. The van der Waals surface area contributed by atoms with E-state index in [9.17, 15) is 0 Å².